The zero-order chi connectivity index (χ0) is 12.1. The first-order chi connectivity index (χ1) is 7.52. The van der Waals surface area contributed by atoms with Crippen molar-refractivity contribution in [2.75, 3.05) is 6.54 Å². The number of benzene rings is 1. The van der Waals surface area contributed by atoms with Crippen molar-refractivity contribution in [3.8, 4) is 0 Å². The minimum Gasteiger partial charge on any atom is -0.352 e. The number of hydrogen-bond acceptors (Lipinski definition) is 2. The van der Waals surface area contributed by atoms with Crippen LogP contribution in [0.3, 0.4) is 0 Å². The summed E-state index contributed by atoms with van der Waals surface area (Å²) in [5.41, 5.74) is 9.06. The molecule has 0 saturated heterocycles. The second-order valence-corrected chi connectivity index (χ2v) is 4.31. The number of nitrogens with one attached hydrogen (secondary N) is 1. The number of aryl methyl sites for hydroxylation is 2. The van der Waals surface area contributed by atoms with E-state index in [-0.39, 0.29) is 18.5 Å². The second-order valence-electron chi connectivity index (χ2n) is 4.31. The maximum Gasteiger partial charge on any atom is 0.233 e. The smallest absolute Gasteiger partial charge is 0.233 e. The Balaban J connectivity index is 2.62. The van der Waals surface area contributed by atoms with Crippen LogP contribution in [0.5, 0.6) is 0 Å². The van der Waals surface area contributed by atoms with Crippen LogP contribution in [0.15, 0.2) is 18.2 Å². The molecule has 1 aromatic carbocycles. The highest BCUT2D eigenvalue weighted by Gasteiger charge is 2.08. The molecule has 0 fully saturated rings. The molecule has 1 amide bonds. The van der Waals surface area contributed by atoms with Gasteiger partial charge in [0.05, 0.1) is 6.54 Å². The van der Waals surface area contributed by atoms with Gasteiger partial charge in [-0.15, -0.1) is 0 Å². The van der Waals surface area contributed by atoms with Crippen LogP contribution in [0.2, 0.25) is 0 Å². The van der Waals surface area contributed by atoms with Gasteiger partial charge in [-0.3, -0.25) is 4.79 Å². The molecular formula is C13H20N2O. The molecule has 0 aliphatic rings. The van der Waals surface area contributed by atoms with Gasteiger partial charge >= 0.3 is 0 Å². The summed E-state index contributed by atoms with van der Waals surface area (Å²) >= 11 is 0. The summed E-state index contributed by atoms with van der Waals surface area (Å²) in [5, 5.41) is 2.86. The van der Waals surface area contributed by atoms with Crippen molar-refractivity contribution in [2.24, 2.45) is 5.73 Å². The van der Waals surface area contributed by atoms with Crippen molar-refractivity contribution in [3.63, 3.8) is 0 Å². The Morgan fingerprint density at radius 3 is 2.69 bits per heavy atom. The van der Waals surface area contributed by atoms with Crippen LogP contribution < -0.4 is 11.1 Å². The van der Waals surface area contributed by atoms with Crippen LogP contribution in [0.1, 0.15) is 23.6 Å². The third-order valence-electron chi connectivity index (χ3n) is 2.62. The summed E-state index contributed by atoms with van der Waals surface area (Å²) in [6.45, 7) is 6.22. The van der Waals surface area contributed by atoms with E-state index >= 15 is 0 Å². The maximum absolute atomic E-state index is 11.1. The van der Waals surface area contributed by atoms with E-state index in [0.717, 1.165) is 6.42 Å². The molecule has 16 heavy (non-hydrogen) atoms. The molecule has 0 aromatic heterocycles. The number of amides is 1. The molecule has 0 bridgehead atoms. The largest absolute Gasteiger partial charge is 0.352 e. The van der Waals surface area contributed by atoms with Gasteiger partial charge in [-0.2, -0.15) is 0 Å². The zero-order valence-corrected chi connectivity index (χ0v) is 10.2. The lowest BCUT2D eigenvalue weighted by Gasteiger charge is -2.15. The Morgan fingerprint density at radius 1 is 1.44 bits per heavy atom. The quantitative estimate of drug-likeness (QED) is 0.804. The summed E-state index contributed by atoms with van der Waals surface area (Å²) in [7, 11) is 0. The first-order valence-electron chi connectivity index (χ1n) is 5.58. The summed E-state index contributed by atoms with van der Waals surface area (Å²) in [6, 6.07) is 6.50. The Hall–Kier alpha value is -1.35. The number of hydrogen-bond donors (Lipinski definition) is 2. The lowest BCUT2D eigenvalue weighted by molar-refractivity contribution is -0.120. The van der Waals surface area contributed by atoms with Gasteiger partial charge in [0.2, 0.25) is 5.91 Å². The zero-order valence-electron chi connectivity index (χ0n) is 10.2. The molecule has 0 heterocycles. The molecule has 0 radical (unpaired) electrons. The highest BCUT2D eigenvalue weighted by Crippen LogP contribution is 2.12. The molecule has 88 valence electrons. The maximum atomic E-state index is 11.1. The minimum atomic E-state index is -0.0998. The van der Waals surface area contributed by atoms with Crippen LogP contribution in [0, 0.1) is 13.8 Å². The highest BCUT2D eigenvalue weighted by atomic mass is 16.1. The molecular weight excluding hydrogens is 200 g/mol. The van der Waals surface area contributed by atoms with Crippen molar-refractivity contribution in [1.29, 1.82) is 0 Å². The predicted octanol–water partition coefficient (Wildman–Crippen LogP) is 1.31. The van der Waals surface area contributed by atoms with Gasteiger partial charge in [-0.25, -0.2) is 0 Å². The van der Waals surface area contributed by atoms with Crippen molar-refractivity contribution >= 4 is 5.91 Å². The van der Waals surface area contributed by atoms with Gasteiger partial charge < -0.3 is 11.1 Å². The molecule has 1 unspecified atom stereocenters. The SMILES string of the molecule is Cc1ccc(CC(C)NC(=O)CN)c(C)c1. The van der Waals surface area contributed by atoms with Crippen LogP contribution in [0.25, 0.3) is 0 Å². The fraction of sp³-hybridized carbons (Fsp3) is 0.462. The first kappa shape index (κ1) is 12.7. The van der Waals surface area contributed by atoms with Gasteiger partial charge in [0.15, 0.2) is 0 Å². The van der Waals surface area contributed by atoms with Crippen molar-refractivity contribution in [3.05, 3.63) is 34.9 Å². The average molecular weight is 220 g/mol. The van der Waals surface area contributed by atoms with Crippen molar-refractivity contribution in [1.82, 2.24) is 5.32 Å². The van der Waals surface area contributed by atoms with Crippen molar-refractivity contribution in [2.45, 2.75) is 33.2 Å². The van der Waals surface area contributed by atoms with E-state index in [0.29, 0.717) is 0 Å². The van der Waals surface area contributed by atoms with Gasteiger partial charge in [0.25, 0.3) is 0 Å². The monoisotopic (exact) mass is 220 g/mol. The molecule has 1 rings (SSSR count). The summed E-state index contributed by atoms with van der Waals surface area (Å²) < 4.78 is 0. The molecule has 0 saturated carbocycles. The van der Waals surface area contributed by atoms with E-state index in [1.54, 1.807) is 0 Å². The molecule has 3 heteroatoms. The minimum absolute atomic E-state index is 0.0528. The third-order valence-corrected chi connectivity index (χ3v) is 2.62. The Bertz CT molecular complexity index is 374. The van der Waals surface area contributed by atoms with Gasteiger partial charge in [-0.1, -0.05) is 23.8 Å². The van der Waals surface area contributed by atoms with E-state index < -0.39 is 0 Å². The molecule has 1 atom stereocenters. The first-order valence-corrected chi connectivity index (χ1v) is 5.58. The highest BCUT2D eigenvalue weighted by molar-refractivity contribution is 5.78. The van der Waals surface area contributed by atoms with Gasteiger partial charge in [-0.05, 0) is 38.3 Å². The topological polar surface area (TPSA) is 55.1 Å². The van der Waals surface area contributed by atoms with Crippen LogP contribution >= 0.6 is 0 Å². The lowest BCUT2D eigenvalue weighted by atomic mass is 10.00. The second kappa shape index (κ2) is 5.66. The van der Waals surface area contributed by atoms with E-state index in [4.69, 9.17) is 5.73 Å². The Morgan fingerprint density at radius 2 is 2.12 bits per heavy atom. The van der Waals surface area contributed by atoms with Crippen LogP contribution in [0.4, 0.5) is 0 Å². The number of nitrogens with two attached hydrogens (primary N) is 1. The van der Waals surface area contributed by atoms with Crippen LogP contribution in [-0.2, 0) is 11.2 Å². The third kappa shape index (κ3) is 3.66. The Kier molecular flexibility index (Phi) is 4.50. The Labute approximate surface area is 97.0 Å². The molecule has 0 aliphatic carbocycles. The number of carbonyl (C=O) groups is 1. The predicted molar refractivity (Wildman–Crippen MR) is 66.3 cm³/mol. The average Bonchev–Trinajstić information content (AvgIpc) is 2.22. The van der Waals surface area contributed by atoms with E-state index in [1.165, 1.54) is 16.7 Å². The molecule has 1 aromatic rings. The van der Waals surface area contributed by atoms with E-state index in [9.17, 15) is 4.79 Å². The number of rotatable bonds is 4. The normalized spacial score (nSPS) is 12.2. The van der Waals surface area contributed by atoms with Gasteiger partial charge in [0.1, 0.15) is 0 Å². The molecule has 3 N–H and O–H groups in total. The summed E-state index contributed by atoms with van der Waals surface area (Å²) in [5.74, 6) is -0.0998. The molecule has 0 aliphatic heterocycles. The number of carbonyl (C=O) groups excluding carboxylic acids is 1. The summed E-state index contributed by atoms with van der Waals surface area (Å²) in [4.78, 5) is 11.1. The fourth-order valence-electron chi connectivity index (χ4n) is 1.79. The van der Waals surface area contributed by atoms with Gasteiger partial charge in [0, 0.05) is 6.04 Å². The van der Waals surface area contributed by atoms with E-state index in [1.807, 2.05) is 6.92 Å². The summed E-state index contributed by atoms with van der Waals surface area (Å²) in [6.07, 6.45) is 0.845. The molecule has 0 spiro atoms. The van der Waals surface area contributed by atoms with Crippen molar-refractivity contribution < 1.29 is 4.79 Å². The fourth-order valence-corrected chi connectivity index (χ4v) is 1.79. The standard InChI is InChI=1S/C13H20N2O/c1-9-4-5-12(10(2)6-9)7-11(3)15-13(16)8-14/h4-6,11H,7-8,14H2,1-3H3,(H,15,16). The van der Waals surface area contributed by atoms with Crippen LogP contribution in [-0.4, -0.2) is 18.5 Å². The molecule has 3 nitrogen and oxygen atoms in total. The lowest BCUT2D eigenvalue weighted by Crippen LogP contribution is -2.38. The van der Waals surface area contributed by atoms with E-state index in [2.05, 4.69) is 37.4 Å².